The molecular weight excluding hydrogens is 326 g/mol. The molecule has 1 fully saturated rings. The molecule has 0 unspecified atom stereocenters. The molecule has 1 saturated heterocycles. The van der Waals surface area contributed by atoms with E-state index >= 15 is 0 Å². The van der Waals surface area contributed by atoms with E-state index in [2.05, 4.69) is 15.3 Å². The maximum atomic E-state index is 12.1. The number of imidazole rings is 1. The van der Waals surface area contributed by atoms with Gasteiger partial charge in [-0.2, -0.15) is 0 Å². The molecule has 3 rings (SSSR count). The van der Waals surface area contributed by atoms with Crippen LogP contribution in [0.25, 0.3) is 11.0 Å². The quantitative estimate of drug-likeness (QED) is 0.652. The van der Waals surface area contributed by atoms with Crippen molar-refractivity contribution in [3.63, 3.8) is 0 Å². The smallest absolute Gasteiger partial charge is 0.410 e. The fourth-order valence-electron chi connectivity index (χ4n) is 2.74. The van der Waals surface area contributed by atoms with Crippen molar-refractivity contribution >= 4 is 28.8 Å². The highest BCUT2D eigenvalue weighted by Gasteiger charge is 2.30. The van der Waals surface area contributed by atoms with E-state index in [0.29, 0.717) is 30.1 Å². The van der Waals surface area contributed by atoms with Gasteiger partial charge in [0, 0.05) is 31.3 Å². The fraction of sp³-hybridized carbons (Fsp3) is 0.500. The first-order valence-corrected chi connectivity index (χ1v) is 8.10. The second-order valence-electron chi connectivity index (χ2n) is 7.10. The van der Waals surface area contributed by atoms with Crippen molar-refractivity contribution in [3.05, 3.63) is 28.3 Å². The molecule has 0 spiro atoms. The summed E-state index contributed by atoms with van der Waals surface area (Å²) in [5, 5.41) is 14.1. The molecule has 1 aliphatic heterocycles. The number of carbonyl (C=O) groups excluding carboxylic acids is 1. The molecule has 134 valence electrons. The highest BCUT2D eigenvalue weighted by atomic mass is 16.6. The van der Waals surface area contributed by atoms with Crippen LogP contribution in [0.1, 0.15) is 27.2 Å². The number of nitro benzene ring substituents is 1. The topological polar surface area (TPSA) is 113 Å². The summed E-state index contributed by atoms with van der Waals surface area (Å²) < 4.78 is 5.38. The number of H-pyrrole nitrogens is 1. The van der Waals surface area contributed by atoms with Gasteiger partial charge in [-0.15, -0.1) is 0 Å². The van der Waals surface area contributed by atoms with E-state index in [1.165, 1.54) is 12.1 Å². The minimum atomic E-state index is -0.518. The van der Waals surface area contributed by atoms with Crippen LogP contribution in [-0.4, -0.2) is 50.6 Å². The number of aromatic nitrogens is 2. The Labute approximate surface area is 144 Å². The van der Waals surface area contributed by atoms with Gasteiger partial charge < -0.3 is 19.9 Å². The Morgan fingerprint density at radius 3 is 2.92 bits per heavy atom. The van der Waals surface area contributed by atoms with Gasteiger partial charge in [-0.1, -0.05) is 0 Å². The predicted molar refractivity (Wildman–Crippen MR) is 92.6 cm³/mol. The summed E-state index contributed by atoms with van der Waals surface area (Å²) in [6, 6.07) is 4.53. The molecule has 0 saturated carbocycles. The first-order chi connectivity index (χ1) is 11.7. The van der Waals surface area contributed by atoms with Crippen LogP contribution in [0.4, 0.5) is 16.4 Å². The third-order valence-electron chi connectivity index (χ3n) is 3.86. The molecule has 1 atom stereocenters. The highest BCUT2D eigenvalue weighted by molar-refractivity contribution is 5.80. The third kappa shape index (κ3) is 3.98. The van der Waals surface area contributed by atoms with Gasteiger partial charge in [0.15, 0.2) is 0 Å². The lowest BCUT2D eigenvalue weighted by molar-refractivity contribution is -0.384. The summed E-state index contributed by atoms with van der Waals surface area (Å²) in [7, 11) is 0. The van der Waals surface area contributed by atoms with E-state index in [1.807, 2.05) is 20.8 Å². The molecule has 2 heterocycles. The van der Waals surface area contributed by atoms with Crippen LogP contribution in [0, 0.1) is 10.1 Å². The van der Waals surface area contributed by atoms with Gasteiger partial charge in [0.25, 0.3) is 5.69 Å². The number of fused-ring (bicyclic) bond motifs is 1. The molecule has 1 aromatic carbocycles. The molecule has 0 radical (unpaired) electrons. The van der Waals surface area contributed by atoms with Gasteiger partial charge in [-0.05, 0) is 33.3 Å². The summed E-state index contributed by atoms with van der Waals surface area (Å²) in [5.41, 5.74) is 0.740. The number of carbonyl (C=O) groups is 1. The molecule has 1 aliphatic rings. The number of rotatable bonds is 3. The average Bonchev–Trinajstić information content (AvgIpc) is 3.11. The molecule has 1 aromatic heterocycles. The zero-order valence-electron chi connectivity index (χ0n) is 14.4. The summed E-state index contributed by atoms with van der Waals surface area (Å²) in [5.74, 6) is 0.534. The second kappa shape index (κ2) is 6.23. The third-order valence-corrected chi connectivity index (χ3v) is 3.86. The van der Waals surface area contributed by atoms with Crippen LogP contribution in [0.2, 0.25) is 0 Å². The first-order valence-electron chi connectivity index (χ1n) is 8.10. The van der Waals surface area contributed by atoms with Gasteiger partial charge in [0.2, 0.25) is 5.95 Å². The Kier molecular flexibility index (Phi) is 4.23. The van der Waals surface area contributed by atoms with Gasteiger partial charge in [-0.25, -0.2) is 9.78 Å². The lowest BCUT2D eigenvalue weighted by Gasteiger charge is -2.24. The van der Waals surface area contributed by atoms with Crippen molar-refractivity contribution in [1.82, 2.24) is 14.9 Å². The molecule has 1 amide bonds. The Balaban J connectivity index is 1.64. The second-order valence-corrected chi connectivity index (χ2v) is 7.10. The Hall–Kier alpha value is -2.84. The predicted octanol–water partition coefficient (Wildman–Crippen LogP) is 2.89. The highest BCUT2D eigenvalue weighted by Crippen LogP contribution is 2.22. The normalized spacial score (nSPS) is 17.7. The number of ether oxygens (including phenoxy) is 1. The summed E-state index contributed by atoms with van der Waals surface area (Å²) in [6.45, 7) is 6.64. The Morgan fingerprint density at radius 1 is 1.48 bits per heavy atom. The van der Waals surface area contributed by atoms with Crippen molar-refractivity contribution in [2.75, 3.05) is 18.4 Å². The van der Waals surface area contributed by atoms with Crippen molar-refractivity contribution in [2.45, 2.75) is 38.8 Å². The van der Waals surface area contributed by atoms with Crippen LogP contribution in [-0.2, 0) is 4.74 Å². The van der Waals surface area contributed by atoms with Gasteiger partial charge in [0.05, 0.1) is 16.0 Å². The zero-order chi connectivity index (χ0) is 18.2. The number of hydrogen-bond donors (Lipinski definition) is 2. The maximum Gasteiger partial charge on any atom is 0.410 e. The molecule has 2 aromatic rings. The maximum absolute atomic E-state index is 12.1. The fourth-order valence-corrected chi connectivity index (χ4v) is 2.74. The van der Waals surface area contributed by atoms with Gasteiger partial charge in [0.1, 0.15) is 5.60 Å². The van der Waals surface area contributed by atoms with Crippen LogP contribution in [0.15, 0.2) is 18.2 Å². The standard InChI is InChI=1S/C16H21N5O4/c1-16(2,3)25-15(22)20-7-6-10(9-20)17-14-18-12-5-4-11(21(23)24)8-13(12)19-14/h4-5,8,10H,6-7,9H2,1-3H3,(H2,17,18,19)/t10-/m1/s1. The lowest BCUT2D eigenvalue weighted by atomic mass is 10.2. The first kappa shape index (κ1) is 17.0. The van der Waals surface area contributed by atoms with Crippen LogP contribution >= 0.6 is 0 Å². The van der Waals surface area contributed by atoms with E-state index in [-0.39, 0.29) is 17.8 Å². The van der Waals surface area contributed by atoms with Crippen molar-refractivity contribution in [2.24, 2.45) is 0 Å². The van der Waals surface area contributed by atoms with Gasteiger partial charge in [-0.3, -0.25) is 10.1 Å². The number of hydrogen-bond acceptors (Lipinski definition) is 6. The van der Waals surface area contributed by atoms with Crippen molar-refractivity contribution in [3.8, 4) is 0 Å². The molecule has 9 heteroatoms. The number of likely N-dealkylation sites (tertiary alicyclic amines) is 1. The van der Waals surface area contributed by atoms with Crippen LogP contribution < -0.4 is 5.32 Å². The number of anilines is 1. The van der Waals surface area contributed by atoms with E-state index in [4.69, 9.17) is 4.74 Å². The minimum Gasteiger partial charge on any atom is -0.444 e. The average molecular weight is 347 g/mol. The number of aromatic amines is 1. The number of nitrogens with zero attached hydrogens (tertiary/aromatic N) is 3. The number of amides is 1. The monoisotopic (exact) mass is 347 g/mol. The van der Waals surface area contributed by atoms with E-state index < -0.39 is 10.5 Å². The number of nitro groups is 1. The van der Waals surface area contributed by atoms with Crippen LogP contribution in [0.5, 0.6) is 0 Å². The number of benzene rings is 1. The van der Waals surface area contributed by atoms with E-state index in [0.717, 1.165) is 6.42 Å². The SMILES string of the molecule is CC(C)(C)OC(=O)N1CC[C@@H](Nc2nc3ccc([N+](=O)[O-])cc3[nH]2)C1. The van der Waals surface area contributed by atoms with E-state index in [1.54, 1.807) is 11.0 Å². The molecule has 0 aliphatic carbocycles. The summed E-state index contributed by atoms with van der Waals surface area (Å²) in [6.07, 6.45) is 0.452. The Morgan fingerprint density at radius 2 is 2.24 bits per heavy atom. The van der Waals surface area contributed by atoms with E-state index in [9.17, 15) is 14.9 Å². The summed E-state index contributed by atoms with van der Waals surface area (Å²) >= 11 is 0. The molecule has 9 nitrogen and oxygen atoms in total. The Bertz CT molecular complexity index is 810. The van der Waals surface area contributed by atoms with Crippen LogP contribution in [0.3, 0.4) is 0 Å². The molecule has 25 heavy (non-hydrogen) atoms. The summed E-state index contributed by atoms with van der Waals surface area (Å²) in [4.78, 5) is 31.6. The zero-order valence-corrected chi connectivity index (χ0v) is 14.4. The van der Waals surface area contributed by atoms with Gasteiger partial charge >= 0.3 is 6.09 Å². The number of non-ortho nitro benzene ring substituents is 1. The molecule has 0 bridgehead atoms. The van der Waals surface area contributed by atoms with Crippen molar-refractivity contribution in [1.29, 1.82) is 0 Å². The molecular formula is C16H21N5O4. The number of nitrogens with one attached hydrogen (secondary N) is 2. The van der Waals surface area contributed by atoms with Crippen molar-refractivity contribution < 1.29 is 14.5 Å². The lowest BCUT2D eigenvalue weighted by Crippen LogP contribution is -2.36. The minimum absolute atomic E-state index is 0.0136. The largest absolute Gasteiger partial charge is 0.444 e. The molecule has 2 N–H and O–H groups in total.